The predicted octanol–water partition coefficient (Wildman–Crippen LogP) is 2.44. The Balaban J connectivity index is 1.57. The average Bonchev–Trinajstić information content (AvgIpc) is 3.21. The van der Waals surface area contributed by atoms with Gasteiger partial charge in [-0.1, -0.05) is 0 Å². The minimum Gasteiger partial charge on any atom is -0.376 e. The van der Waals surface area contributed by atoms with Crippen LogP contribution >= 0.6 is 0 Å². The van der Waals surface area contributed by atoms with Gasteiger partial charge in [0.1, 0.15) is 18.0 Å². The molecule has 0 aromatic carbocycles. The fraction of sp³-hybridized carbons (Fsp3) is 0.750. The van der Waals surface area contributed by atoms with E-state index in [2.05, 4.69) is 34.4 Å². The standard InChI is InChI=1S/C16H26N4O2/c1-11(13-5-3-7-21-13)19-15-9-16(18-10-17-15)20-12(2)14-6-4-8-22-14/h9-14H,3-8H2,1-2H3,(H2,17,18,19,20)/t11-,12+,13+,14-. The maximum atomic E-state index is 5.71. The highest BCUT2D eigenvalue weighted by atomic mass is 16.5. The summed E-state index contributed by atoms with van der Waals surface area (Å²) < 4.78 is 11.4. The van der Waals surface area contributed by atoms with Crippen molar-refractivity contribution >= 4 is 11.6 Å². The number of anilines is 2. The molecule has 0 unspecified atom stereocenters. The minimum atomic E-state index is 0.251. The molecular weight excluding hydrogens is 280 g/mol. The molecule has 6 heteroatoms. The molecule has 0 aliphatic carbocycles. The zero-order chi connectivity index (χ0) is 15.4. The summed E-state index contributed by atoms with van der Waals surface area (Å²) >= 11 is 0. The third-order valence-corrected chi connectivity index (χ3v) is 4.46. The Morgan fingerprint density at radius 3 is 1.86 bits per heavy atom. The molecule has 1 aromatic heterocycles. The first kappa shape index (κ1) is 15.5. The summed E-state index contributed by atoms with van der Waals surface area (Å²) in [6.45, 7) is 6.01. The van der Waals surface area contributed by atoms with E-state index < -0.39 is 0 Å². The van der Waals surface area contributed by atoms with E-state index in [0.717, 1.165) is 50.5 Å². The number of nitrogens with zero attached hydrogens (tertiary/aromatic N) is 2. The second kappa shape index (κ2) is 7.24. The molecule has 3 rings (SSSR count). The van der Waals surface area contributed by atoms with Gasteiger partial charge in [0, 0.05) is 19.3 Å². The Bertz CT molecular complexity index is 434. The van der Waals surface area contributed by atoms with Crippen LogP contribution in [0.3, 0.4) is 0 Å². The van der Waals surface area contributed by atoms with Gasteiger partial charge >= 0.3 is 0 Å². The maximum Gasteiger partial charge on any atom is 0.131 e. The van der Waals surface area contributed by atoms with Gasteiger partial charge in [-0.25, -0.2) is 9.97 Å². The summed E-state index contributed by atoms with van der Waals surface area (Å²) in [7, 11) is 0. The van der Waals surface area contributed by atoms with Crippen molar-refractivity contribution in [2.45, 2.75) is 63.8 Å². The molecule has 4 atom stereocenters. The second-order valence-electron chi connectivity index (χ2n) is 6.26. The van der Waals surface area contributed by atoms with Crippen molar-refractivity contribution in [2.75, 3.05) is 23.8 Å². The summed E-state index contributed by atoms with van der Waals surface area (Å²) in [5.74, 6) is 1.67. The van der Waals surface area contributed by atoms with Gasteiger partial charge < -0.3 is 20.1 Å². The first-order valence-corrected chi connectivity index (χ1v) is 8.30. The van der Waals surface area contributed by atoms with Crippen molar-refractivity contribution in [1.29, 1.82) is 0 Å². The maximum absolute atomic E-state index is 5.71. The molecule has 2 aliphatic heterocycles. The van der Waals surface area contributed by atoms with Crippen LogP contribution in [0, 0.1) is 0 Å². The van der Waals surface area contributed by atoms with Gasteiger partial charge in [0.15, 0.2) is 0 Å². The molecular formula is C16H26N4O2. The third-order valence-electron chi connectivity index (χ3n) is 4.46. The summed E-state index contributed by atoms with van der Waals surface area (Å²) in [6.07, 6.45) is 6.66. The van der Waals surface area contributed by atoms with E-state index in [0.29, 0.717) is 0 Å². The lowest BCUT2D eigenvalue weighted by atomic mass is 10.1. The number of hydrogen-bond acceptors (Lipinski definition) is 6. The van der Waals surface area contributed by atoms with Crippen LogP contribution in [0.4, 0.5) is 11.6 Å². The molecule has 2 fully saturated rings. The van der Waals surface area contributed by atoms with Gasteiger partial charge in [0.2, 0.25) is 0 Å². The SMILES string of the molecule is C[C@H](Nc1cc(N[C@H](C)[C@@H]2CCCO2)ncn1)[C@H]1CCCO1. The molecule has 1 aromatic rings. The van der Waals surface area contributed by atoms with Crippen LogP contribution in [0.25, 0.3) is 0 Å². The van der Waals surface area contributed by atoms with Crippen molar-refractivity contribution in [3.05, 3.63) is 12.4 Å². The van der Waals surface area contributed by atoms with Crippen LogP contribution in [-0.2, 0) is 9.47 Å². The number of hydrogen-bond donors (Lipinski definition) is 2. The highest BCUT2D eigenvalue weighted by Crippen LogP contribution is 2.21. The summed E-state index contributed by atoms with van der Waals surface area (Å²) in [6, 6.07) is 2.46. The van der Waals surface area contributed by atoms with Crippen molar-refractivity contribution in [3.63, 3.8) is 0 Å². The van der Waals surface area contributed by atoms with E-state index in [1.54, 1.807) is 6.33 Å². The molecule has 2 N–H and O–H groups in total. The van der Waals surface area contributed by atoms with E-state index in [9.17, 15) is 0 Å². The number of nitrogens with one attached hydrogen (secondary N) is 2. The fourth-order valence-electron chi connectivity index (χ4n) is 3.16. The van der Waals surface area contributed by atoms with E-state index in [1.807, 2.05) is 6.07 Å². The fourth-order valence-corrected chi connectivity index (χ4v) is 3.16. The summed E-state index contributed by atoms with van der Waals surface area (Å²) in [4.78, 5) is 8.61. The topological polar surface area (TPSA) is 68.3 Å². The lowest BCUT2D eigenvalue weighted by Crippen LogP contribution is -2.31. The highest BCUT2D eigenvalue weighted by molar-refractivity contribution is 5.47. The molecule has 0 amide bonds. The quantitative estimate of drug-likeness (QED) is 0.841. The Hall–Kier alpha value is -1.40. The monoisotopic (exact) mass is 306 g/mol. The molecule has 22 heavy (non-hydrogen) atoms. The molecule has 122 valence electrons. The largest absolute Gasteiger partial charge is 0.376 e. The van der Waals surface area contributed by atoms with Gasteiger partial charge in [-0.05, 0) is 39.5 Å². The molecule has 0 spiro atoms. The minimum absolute atomic E-state index is 0.251. The molecule has 3 heterocycles. The van der Waals surface area contributed by atoms with Crippen molar-refractivity contribution < 1.29 is 9.47 Å². The Morgan fingerprint density at radius 2 is 1.45 bits per heavy atom. The first-order chi connectivity index (χ1) is 10.7. The molecule has 0 bridgehead atoms. The average molecular weight is 306 g/mol. The lowest BCUT2D eigenvalue weighted by Gasteiger charge is -2.22. The van der Waals surface area contributed by atoms with Crippen molar-refractivity contribution in [2.24, 2.45) is 0 Å². The van der Waals surface area contributed by atoms with Crippen LogP contribution in [0.2, 0.25) is 0 Å². The predicted molar refractivity (Wildman–Crippen MR) is 86.1 cm³/mol. The van der Waals surface area contributed by atoms with E-state index in [1.165, 1.54) is 0 Å². The lowest BCUT2D eigenvalue weighted by molar-refractivity contribution is 0.0994. The van der Waals surface area contributed by atoms with Crippen LogP contribution < -0.4 is 10.6 Å². The first-order valence-electron chi connectivity index (χ1n) is 8.30. The molecule has 2 aliphatic rings. The number of ether oxygens (including phenoxy) is 2. The summed E-state index contributed by atoms with van der Waals surface area (Å²) in [5, 5.41) is 6.84. The van der Waals surface area contributed by atoms with Crippen LogP contribution in [0.5, 0.6) is 0 Å². The normalized spacial score (nSPS) is 27.5. The van der Waals surface area contributed by atoms with Gasteiger partial charge in [0.05, 0.1) is 24.3 Å². The van der Waals surface area contributed by atoms with Crippen LogP contribution in [-0.4, -0.2) is 47.5 Å². The molecule has 2 saturated heterocycles. The highest BCUT2D eigenvalue weighted by Gasteiger charge is 2.24. The smallest absolute Gasteiger partial charge is 0.131 e. The van der Waals surface area contributed by atoms with Gasteiger partial charge in [-0.2, -0.15) is 0 Å². The van der Waals surface area contributed by atoms with Gasteiger partial charge in [-0.15, -0.1) is 0 Å². The summed E-state index contributed by atoms with van der Waals surface area (Å²) in [5.41, 5.74) is 0. The van der Waals surface area contributed by atoms with E-state index in [-0.39, 0.29) is 24.3 Å². The van der Waals surface area contributed by atoms with Gasteiger partial charge in [-0.3, -0.25) is 0 Å². The van der Waals surface area contributed by atoms with Gasteiger partial charge in [0.25, 0.3) is 0 Å². The second-order valence-corrected chi connectivity index (χ2v) is 6.26. The van der Waals surface area contributed by atoms with Crippen molar-refractivity contribution in [1.82, 2.24) is 9.97 Å². The molecule has 6 nitrogen and oxygen atoms in total. The zero-order valence-electron chi connectivity index (χ0n) is 13.4. The Kier molecular flexibility index (Phi) is 5.10. The van der Waals surface area contributed by atoms with E-state index >= 15 is 0 Å². The molecule has 0 radical (unpaired) electrons. The van der Waals surface area contributed by atoms with Crippen LogP contribution in [0.1, 0.15) is 39.5 Å². The molecule has 0 saturated carbocycles. The third kappa shape index (κ3) is 3.87. The number of rotatable bonds is 6. The number of aromatic nitrogens is 2. The Morgan fingerprint density at radius 1 is 0.955 bits per heavy atom. The zero-order valence-corrected chi connectivity index (χ0v) is 13.4. The van der Waals surface area contributed by atoms with E-state index in [4.69, 9.17) is 9.47 Å². The van der Waals surface area contributed by atoms with Crippen LogP contribution in [0.15, 0.2) is 12.4 Å². The Labute approximate surface area is 132 Å². The van der Waals surface area contributed by atoms with Crippen molar-refractivity contribution in [3.8, 4) is 0 Å².